The summed E-state index contributed by atoms with van der Waals surface area (Å²) in [6.45, 7) is 2.16. The molecule has 0 saturated heterocycles. The van der Waals surface area contributed by atoms with Crippen LogP contribution in [0.3, 0.4) is 0 Å². The Kier molecular flexibility index (Phi) is 8.54. The minimum absolute atomic E-state index is 0.201. The molecule has 6 N–H and O–H groups in total. The molecule has 0 radical (unpaired) electrons. The van der Waals surface area contributed by atoms with E-state index in [4.69, 9.17) is 20.9 Å². The summed E-state index contributed by atoms with van der Waals surface area (Å²) in [7, 11) is -4.37. The highest BCUT2D eigenvalue weighted by molar-refractivity contribution is 7.92. The molecule has 0 atom stereocenters. The molecule has 0 saturated carbocycles. The fraction of sp³-hybridized carbons (Fsp3) is 0.316. The zero-order chi connectivity index (χ0) is 22.1. The summed E-state index contributed by atoms with van der Waals surface area (Å²) < 4.78 is 52.1. The highest BCUT2D eigenvalue weighted by atomic mass is 32.2. The van der Waals surface area contributed by atoms with Gasteiger partial charge < -0.3 is 26.0 Å². The van der Waals surface area contributed by atoms with Crippen molar-refractivity contribution >= 4 is 21.6 Å². The molecular weight excluding hydrogens is 417 g/mol. The predicted octanol–water partition coefficient (Wildman–Crippen LogP) is 0.965. The number of hydrogen-bond donors (Lipinski definition) is 4. The number of anilines is 1. The molecule has 0 bridgehead atoms. The van der Waals surface area contributed by atoms with Crippen molar-refractivity contribution in [3.8, 4) is 5.75 Å². The highest BCUT2D eigenvalue weighted by Crippen LogP contribution is 2.26. The number of primary amides is 1. The molecule has 2 rings (SSSR count). The molecule has 9 nitrogen and oxygen atoms in total. The quantitative estimate of drug-likeness (QED) is 0.358. The number of aromatic hydroxyl groups is 1. The maximum atomic E-state index is 14.1. The second kappa shape index (κ2) is 10.9. The van der Waals surface area contributed by atoms with E-state index in [1.54, 1.807) is 18.2 Å². The van der Waals surface area contributed by atoms with E-state index in [1.165, 1.54) is 6.07 Å². The topological polar surface area (TPSA) is 154 Å². The Balaban J connectivity index is 2.05. The lowest BCUT2D eigenvalue weighted by Crippen LogP contribution is -2.17. The molecule has 0 spiro atoms. The highest BCUT2D eigenvalue weighted by Gasteiger charge is 2.23. The first-order valence-corrected chi connectivity index (χ1v) is 10.5. The zero-order valence-electron chi connectivity index (χ0n) is 16.1. The summed E-state index contributed by atoms with van der Waals surface area (Å²) in [5.74, 6) is -3.04. The first kappa shape index (κ1) is 23.5. The number of rotatable bonds is 12. The predicted molar refractivity (Wildman–Crippen MR) is 108 cm³/mol. The van der Waals surface area contributed by atoms with Gasteiger partial charge in [-0.2, -0.15) is 0 Å². The summed E-state index contributed by atoms with van der Waals surface area (Å²) >= 11 is 0. The van der Waals surface area contributed by atoms with Gasteiger partial charge in [0.05, 0.1) is 32.0 Å². The van der Waals surface area contributed by atoms with Crippen LogP contribution in [0.15, 0.2) is 41.3 Å². The van der Waals surface area contributed by atoms with Gasteiger partial charge in [0.2, 0.25) is 0 Å². The molecule has 0 aliphatic carbocycles. The second-order valence-corrected chi connectivity index (χ2v) is 7.88. The number of phenols is 1. The minimum Gasteiger partial charge on any atom is -0.507 e. The van der Waals surface area contributed by atoms with E-state index >= 15 is 0 Å². The lowest BCUT2D eigenvalue weighted by Gasteiger charge is -2.12. The first-order chi connectivity index (χ1) is 14.2. The molecule has 0 aliphatic heterocycles. The van der Waals surface area contributed by atoms with Gasteiger partial charge in [-0.25, -0.2) is 12.8 Å². The largest absolute Gasteiger partial charge is 0.507 e. The van der Waals surface area contributed by atoms with Crippen molar-refractivity contribution in [3.63, 3.8) is 0 Å². The summed E-state index contributed by atoms with van der Waals surface area (Å²) in [6, 6.07) is 7.73. The number of nitrogens with one attached hydrogen (secondary N) is 1. The van der Waals surface area contributed by atoms with E-state index in [2.05, 4.69) is 4.72 Å². The minimum atomic E-state index is -4.37. The average molecular weight is 441 g/mol. The van der Waals surface area contributed by atoms with Crippen LogP contribution in [0.4, 0.5) is 10.1 Å². The molecule has 0 aromatic heterocycles. The molecule has 30 heavy (non-hydrogen) atoms. The van der Waals surface area contributed by atoms with E-state index < -0.39 is 38.0 Å². The maximum Gasteiger partial charge on any atom is 0.264 e. The molecule has 11 heteroatoms. The standard InChI is InChI=1S/C19H24FN3O6S/c20-16-12-17(24)15(19(22)25)11-18(16)30(26,27)23-14-3-1-2-13(10-14)4-6-28-8-9-29-7-5-21/h1-3,10-12,23-24H,4-9,21H2,(H2,22,25). The van der Waals surface area contributed by atoms with Crippen LogP contribution in [0.1, 0.15) is 15.9 Å². The number of carbonyl (C=O) groups excluding carboxylic acids is 1. The van der Waals surface area contributed by atoms with E-state index in [-0.39, 0.29) is 5.69 Å². The second-order valence-electron chi connectivity index (χ2n) is 6.23. The van der Waals surface area contributed by atoms with Crippen molar-refractivity contribution in [2.75, 3.05) is 37.7 Å². The van der Waals surface area contributed by atoms with Gasteiger partial charge in [0.1, 0.15) is 16.5 Å². The Morgan fingerprint density at radius 2 is 1.80 bits per heavy atom. The van der Waals surface area contributed by atoms with Crippen molar-refractivity contribution in [1.82, 2.24) is 0 Å². The number of hydrogen-bond acceptors (Lipinski definition) is 7. The Morgan fingerprint density at radius 1 is 1.10 bits per heavy atom. The van der Waals surface area contributed by atoms with Crippen molar-refractivity contribution < 1.29 is 32.2 Å². The van der Waals surface area contributed by atoms with Gasteiger partial charge in [-0.3, -0.25) is 9.52 Å². The number of carbonyl (C=O) groups is 1. The van der Waals surface area contributed by atoms with Crippen LogP contribution in [-0.4, -0.2) is 52.4 Å². The Morgan fingerprint density at radius 3 is 2.47 bits per heavy atom. The number of ether oxygens (including phenoxy) is 2. The lowest BCUT2D eigenvalue weighted by atomic mass is 10.1. The number of amides is 1. The molecule has 0 unspecified atom stereocenters. The van der Waals surface area contributed by atoms with Crippen LogP contribution in [0.2, 0.25) is 0 Å². The van der Waals surface area contributed by atoms with Gasteiger partial charge in [0.15, 0.2) is 0 Å². The molecule has 164 valence electrons. The lowest BCUT2D eigenvalue weighted by molar-refractivity contribution is 0.0519. The number of halogens is 1. The zero-order valence-corrected chi connectivity index (χ0v) is 17.0. The third-order valence-corrected chi connectivity index (χ3v) is 5.35. The summed E-state index contributed by atoms with van der Waals surface area (Å²) in [5, 5.41) is 9.56. The molecular formula is C19H24FN3O6S. The van der Waals surface area contributed by atoms with Gasteiger partial charge >= 0.3 is 0 Å². The van der Waals surface area contributed by atoms with Gasteiger partial charge in [-0.05, 0) is 30.2 Å². The third-order valence-electron chi connectivity index (χ3n) is 3.95. The van der Waals surface area contributed by atoms with Crippen molar-refractivity contribution in [2.24, 2.45) is 11.5 Å². The Labute approximate surface area is 173 Å². The molecule has 0 fully saturated rings. The summed E-state index contributed by atoms with van der Waals surface area (Å²) in [5.41, 5.74) is 10.9. The van der Waals surface area contributed by atoms with Crippen molar-refractivity contribution in [1.29, 1.82) is 0 Å². The van der Waals surface area contributed by atoms with Crippen LogP contribution in [-0.2, 0) is 25.9 Å². The first-order valence-electron chi connectivity index (χ1n) is 9.04. The molecule has 0 aliphatic rings. The van der Waals surface area contributed by atoms with Crippen LogP contribution < -0.4 is 16.2 Å². The van der Waals surface area contributed by atoms with Crippen LogP contribution >= 0.6 is 0 Å². The van der Waals surface area contributed by atoms with Crippen LogP contribution in [0.5, 0.6) is 5.75 Å². The maximum absolute atomic E-state index is 14.1. The number of nitrogens with two attached hydrogens (primary N) is 2. The number of sulfonamides is 1. The van der Waals surface area contributed by atoms with E-state index in [9.17, 15) is 22.7 Å². The average Bonchev–Trinajstić information content (AvgIpc) is 2.66. The van der Waals surface area contributed by atoms with Gasteiger partial charge in [0.25, 0.3) is 15.9 Å². The van der Waals surface area contributed by atoms with Crippen molar-refractivity contribution in [2.45, 2.75) is 11.3 Å². The normalized spacial score (nSPS) is 11.4. The van der Waals surface area contributed by atoms with Crippen LogP contribution in [0, 0.1) is 5.82 Å². The molecule has 0 heterocycles. The summed E-state index contributed by atoms with van der Waals surface area (Å²) in [4.78, 5) is 10.5. The van der Waals surface area contributed by atoms with E-state index in [0.29, 0.717) is 51.5 Å². The molecule has 2 aromatic carbocycles. The number of benzene rings is 2. The fourth-order valence-corrected chi connectivity index (χ4v) is 3.68. The van der Waals surface area contributed by atoms with Gasteiger partial charge in [0, 0.05) is 18.3 Å². The third kappa shape index (κ3) is 6.66. The fourth-order valence-electron chi connectivity index (χ4n) is 2.54. The Hall–Kier alpha value is -2.73. The monoisotopic (exact) mass is 441 g/mol. The van der Waals surface area contributed by atoms with Crippen molar-refractivity contribution in [3.05, 3.63) is 53.3 Å². The molecule has 2 aromatic rings. The van der Waals surface area contributed by atoms with Gasteiger partial charge in [-0.1, -0.05) is 12.1 Å². The van der Waals surface area contributed by atoms with E-state index in [1.807, 2.05) is 0 Å². The van der Waals surface area contributed by atoms with Gasteiger partial charge in [-0.15, -0.1) is 0 Å². The van der Waals surface area contributed by atoms with E-state index in [0.717, 1.165) is 5.56 Å². The Bertz CT molecular complexity index is 984. The molecule has 1 amide bonds. The van der Waals surface area contributed by atoms with Crippen LogP contribution in [0.25, 0.3) is 0 Å². The summed E-state index contributed by atoms with van der Waals surface area (Å²) in [6.07, 6.45) is 0.520. The smallest absolute Gasteiger partial charge is 0.264 e. The SMILES string of the molecule is NCCOCCOCCc1cccc(NS(=O)(=O)c2cc(C(N)=O)c(O)cc2F)c1.